The summed E-state index contributed by atoms with van der Waals surface area (Å²) in [7, 11) is 0. The number of ketones is 1. The van der Waals surface area contributed by atoms with Crippen molar-refractivity contribution in [3.63, 3.8) is 0 Å². The Hall–Kier alpha value is -1.26. The van der Waals surface area contributed by atoms with Crippen LogP contribution in [0.2, 0.25) is 5.02 Å². The van der Waals surface area contributed by atoms with Crippen LogP contribution in [-0.4, -0.2) is 10.8 Å². The van der Waals surface area contributed by atoms with Crippen LogP contribution in [0.1, 0.15) is 15.9 Å². The normalized spacial score (nSPS) is 10.3. The van der Waals surface area contributed by atoms with Crippen LogP contribution < -0.4 is 0 Å². The van der Waals surface area contributed by atoms with Crippen LogP contribution in [-0.2, 0) is 0 Å². The predicted molar refractivity (Wildman–Crippen MR) is 66.8 cm³/mol. The van der Waals surface area contributed by atoms with Crippen molar-refractivity contribution >= 4 is 33.3 Å². The number of aromatic nitrogens is 1. The molecule has 0 aliphatic heterocycles. The second-order valence-electron chi connectivity index (χ2n) is 3.32. The van der Waals surface area contributed by atoms with Crippen molar-refractivity contribution in [2.75, 3.05) is 0 Å². The SMILES string of the molecule is O=C(c1cncc(F)c1)c1cccc(Br)c1Cl. The van der Waals surface area contributed by atoms with E-state index in [2.05, 4.69) is 20.9 Å². The number of hydrogen-bond donors (Lipinski definition) is 0. The standard InChI is InChI=1S/C12H6BrClFNO/c13-10-3-1-2-9(11(10)14)12(17)7-4-8(15)6-16-5-7/h1-6H. The first-order valence-electron chi connectivity index (χ1n) is 4.69. The maximum absolute atomic E-state index is 13.0. The van der Waals surface area contributed by atoms with Gasteiger partial charge >= 0.3 is 0 Å². The second-order valence-corrected chi connectivity index (χ2v) is 4.55. The molecule has 0 atom stereocenters. The summed E-state index contributed by atoms with van der Waals surface area (Å²) in [6, 6.07) is 6.13. The van der Waals surface area contributed by atoms with Crippen LogP contribution in [0.4, 0.5) is 4.39 Å². The predicted octanol–water partition coefficient (Wildman–Crippen LogP) is 3.87. The topological polar surface area (TPSA) is 30.0 Å². The summed E-state index contributed by atoms with van der Waals surface area (Å²) in [5, 5.41) is 0.307. The molecule has 0 aliphatic carbocycles. The van der Waals surface area contributed by atoms with Gasteiger partial charge in [0, 0.05) is 21.8 Å². The fourth-order valence-corrected chi connectivity index (χ4v) is 1.95. The van der Waals surface area contributed by atoms with Crippen LogP contribution in [0.15, 0.2) is 41.1 Å². The second kappa shape index (κ2) is 4.94. The molecule has 2 nitrogen and oxygen atoms in total. The lowest BCUT2D eigenvalue weighted by molar-refractivity contribution is 0.103. The Kier molecular flexibility index (Phi) is 3.54. The number of hydrogen-bond acceptors (Lipinski definition) is 2. The highest BCUT2D eigenvalue weighted by Gasteiger charge is 2.15. The van der Waals surface area contributed by atoms with Gasteiger partial charge in [0.15, 0.2) is 5.78 Å². The maximum atomic E-state index is 13.0. The quantitative estimate of drug-likeness (QED) is 0.788. The van der Waals surface area contributed by atoms with Crippen LogP contribution in [0.3, 0.4) is 0 Å². The number of carbonyl (C=O) groups excluding carboxylic acids is 1. The van der Waals surface area contributed by atoms with Gasteiger partial charge in [-0.3, -0.25) is 9.78 Å². The molecule has 0 fully saturated rings. The molecule has 86 valence electrons. The zero-order valence-electron chi connectivity index (χ0n) is 8.45. The van der Waals surface area contributed by atoms with Crippen molar-refractivity contribution in [1.82, 2.24) is 4.98 Å². The average molecular weight is 315 g/mol. The Balaban J connectivity index is 2.48. The number of pyridine rings is 1. The van der Waals surface area contributed by atoms with Crippen molar-refractivity contribution in [3.05, 3.63) is 63.1 Å². The minimum atomic E-state index is -0.554. The van der Waals surface area contributed by atoms with Gasteiger partial charge < -0.3 is 0 Å². The smallest absolute Gasteiger partial charge is 0.196 e. The fourth-order valence-electron chi connectivity index (χ4n) is 1.37. The van der Waals surface area contributed by atoms with Crippen molar-refractivity contribution in [1.29, 1.82) is 0 Å². The van der Waals surface area contributed by atoms with Gasteiger partial charge in [0.25, 0.3) is 0 Å². The van der Waals surface area contributed by atoms with Gasteiger partial charge in [-0.05, 0) is 34.1 Å². The molecule has 0 amide bonds. The molecule has 2 aromatic rings. The van der Waals surface area contributed by atoms with Crippen molar-refractivity contribution in [2.24, 2.45) is 0 Å². The lowest BCUT2D eigenvalue weighted by Crippen LogP contribution is -2.03. The zero-order valence-corrected chi connectivity index (χ0v) is 10.8. The molecule has 0 saturated heterocycles. The summed E-state index contributed by atoms with van der Waals surface area (Å²) in [4.78, 5) is 15.7. The van der Waals surface area contributed by atoms with E-state index < -0.39 is 5.82 Å². The molecule has 0 unspecified atom stereocenters. The molecular weight excluding hydrogens is 308 g/mol. The van der Waals surface area contributed by atoms with Crippen LogP contribution in [0.25, 0.3) is 0 Å². The molecule has 1 aromatic heterocycles. The van der Waals surface area contributed by atoms with E-state index in [-0.39, 0.29) is 11.3 Å². The minimum absolute atomic E-state index is 0.171. The van der Waals surface area contributed by atoms with Gasteiger partial charge in [-0.1, -0.05) is 17.7 Å². The van der Waals surface area contributed by atoms with E-state index in [1.807, 2.05) is 0 Å². The molecule has 2 rings (SSSR count). The molecule has 5 heteroatoms. The highest BCUT2D eigenvalue weighted by atomic mass is 79.9. The summed E-state index contributed by atoms with van der Waals surface area (Å²) >= 11 is 9.22. The molecule has 0 bridgehead atoms. The van der Waals surface area contributed by atoms with E-state index in [1.165, 1.54) is 6.20 Å². The van der Waals surface area contributed by atoms with Crippen LogP contribution in [0, 0.1) is 5.82 Å². The van der Waals surface area contributed by atoms with E-state index in [0.717, 1.165) is 12.3 Å². The first kappa shape index (κ1) is 12.2. The molecule has 17 heavy (non-hydrogen) atoms. The van der Waals surface area contributed by atoms with E-state index in [0.29, 0.717) is 15.1 Å². The first-order chi connectivity index (χ1) is 8.09. The van der Waals surface area contributed by atoms with Crippen molar-refractivity contribution in [2.45, 2.75) is 0 Å². The van der Waals surface area contributed by atoms with Crippen LogP contribution in [0.5, 0.6) is 0 Å². The van der Waals surface area contributed by atoms with Gasteiger partial charge in [0.1, 0.15) is 5.82 Å². The summed E-state index contributed by atoms with van der Waals surface area (Å²) in [6.07, 6.45) is 2.35. The fraction of sp³-hybridized carbons (Fsp3) is 0. The molecular formula is C12H6BrClFNO. The minimum Gasteiger partial charge on any atom is -0.288 e. The third-order valence-electron chi connectivity index (χ3n) is 2.16. The molecule has 0 spiro atoms. The number of halogens is 3. The first-order valence-corrected chi connectivity index (χ1v) is 5.86. The number of rotatable bonds is 2. The number of nitrogens with zero attached hydrogens (tertiary/aromatic N) is 1. The monoisotopic (exact) mass is 313 g/mol. The Bertz CT molecular complexity index is 588. The molecule has 0 N–H and O–H groups in total. The van der Waals surface area contributed by atoms with Gasteiger partial charge in [0.05, 0.1) is 11.2 Å². The number of benzene rings is 1. The molecule has 0 radical (unpaired) electrons. The Morgan fingerprint density at radius 3 is 2.82 bits per heavy atom. The Labute approximate surface area is 111 Å². The highest BCUT2D eigenvalue weighted by Crippen LogP contribution is 2.27. The summed E-state index contributed by atoms with van der Waals surface area (Å²) < 4.78 is 13.6. The van der Waals surface area contributed by atoms with E-state index >= 15 is 0 Å². The van der Waals surface area contributed by atoms with Crippen molar-refractivity contribution < 1.29 is 9.18 Å². The Morgan fingerprint density at radius 2 is 2.12 bits per heavy atom. The van der Waals surface area contributed by atoms with Gasteiger partial charge in [-0.2, -0.15) is 0 Å². The molecule has 1 aromatic carbocycles. The van der Waals surface area contributed by atoms with E-state index in [9.17, 15) is 9.18 Å². The third kappa shape index (κ3) is 2.53. The summed E-state index contributed by atoms with van der Waals surface area (Å²) in [5.74, 6) is -0.912. The maximum Gasteiger partial charge on any atom is 0.196 e. The average Bonchev–Trinajstić information content (AvgIpc) is 2.32. The zero-order chi connectivity index (χ0) is 12.4. The largest absolute Gasteiger partial charge is 0.288 e. The van der Waals surface area contributed by atoms with Gasteiger partial charge in [0.2, 0.25) is 0 Å². The Morgan fingerprint density at radius 1 is 1.35 bits per heavy atom. The lowest BCUT2D eigenvalue weighted by Gasteiger charge is -2.04. The van der Waals surface area contributed by atoms with Gasteiger partial charge in [-0.15, -0.1) is 0 Å². The molecule has 0 aliphatic rings. The highest BCUT2D eigenvalue weighted by molar-refractivity contribution is 9.10. The third-order valence-corrected chi connectivity index (χ3v) is 3.46. The van der Waals surface area contributed by atoms with E-state index in [4.69, 9.17) is 11.6 Å². The van der Waals surface area contributed by atoms with Crippen LogP contribution >= 0.6 is 27.5 Å². The van der Waals surface area contributed by atoms with Gasteiger partial charge in [-0.25, -0.2) is 4.39 Å². The summed E-state index contributed by atoms with van der Waals surface area (Å²) in [5.41, 5.74) is 0.485. The van der Waals surface area contributed by atoms with E-state index in [1.54, 1.807) is 18.2 Å². The lowest BCUT2D eigenvalue weighted by atomic mass is 10.1. The molecule has 0 saturated carbocycles. The molecule has 1 heterocycles. The summed E-state index contributed by atoms with van der Waals surface area (Å²) in [6.45, 7) is 0. The number of carbonyl (C=O) groups is 1. The van der Waals surface area contributed by atoms with Crippen molar-refractivity contribution in [3.8, 4) is 0 Å².